The van der Waals surface area contributed by atoms with Crippen LogP contribution in [0.5, 0.6) is 0 Å². The van der Waals surface area contributed by atoms with E-state index in [2.05, 4.69) is 15.9 Å². The summed E-state index contributed by atoms with van der Waals surface area (Å²) in [5.74, 6) is 0.103. The van der Waals surface area contributed by atoms with Gasteiger partial charge in [0.2, 0.25) is 5.76 Å². The third-order valence-corrected chi connectivity index (χ3v) is 4.39. The zero-order valence-electron chi connectivity index (χ0n) is 9.13. The van der Waals surface area contributed by atoms with E-state index in [-0.39, 0.29) is 22.2 Å². The Balaban J connectivity index is 2.30. The van der Waals surface area contributed by atoms with E-state index < -0.39 is 9.84 Å². The van der Waals surface area contributed by atoms with Crippen molar-refractivity contribution in [3.63, 3.8) is 0 Å². The second-order valence-corrected chi connectivity index (χ2v) is 6.50. The van der Waals surface area contributed by atoms with Gasteiger partial charge in [-0.3, -0.25) is 0 Å². The van der Waals surface area contributed by atoms with Gasteiger partial charge in [-0.2, -0.15) is 5.26 Å². The van der Waals surface area contributed by atoms with Gasteiger partial charge in [-0.05, 0) is 30.3 Å². The molecule has 92 valence electrons. The van der Waals surface area contributed by atoms with Crippen molar-refractivity contribution >= 4 is 25.8 Å². The maximum Gasteiger partial charge on any atom is 0.203 e. The largest absolute Gasteiger partial charge is 0.450 e. The summed E-state index contributed by atoms with van der Waals surface area (Å²) < 4.78 is 29.9. The van der Waals surface area contributed by atoms with Crippen LogP contribution in [-0.4, -0.2) is 8.42 Å². The Bertz CT molecular complexity index is 713. The molecule has 6 heteroatoms. The Hall–Kier alpha value is -1.58. The highest BCUT2D eigenvalue weighted by Gasteiger charge is 2.17. The van der Waals surface area contributed by atoms with Crippen LogP contribution in [0.4, 0.5) is 0 Å². The Morgan fingerprint density at radius 1 is 1.28 bits per heavy atom. The molecule has 0 unspecified atom stereocenters. The van der Waals surface area contributed by atoms with Crippen LogP contribution in [0.15, 0.2) is 50.2 Å². The highest BCUT2D eigenvalue weighted by atomic mass is 79.9. The van der Waals surface area contributed by atoms with Gasteiger partial charge in [0.15, 0.2) is 9.84 Å². The molecule has 0 aliphatic heterocycles. The van der Waals surface area contributed by atoms with Crippen LogP contribution >= 0.6 is 15.9 Å². The summed E-state index contributed by atoms with van der Waals surface area (Å²) in [6.07, 6.45) is 0. The molecule has 0 radical (unpaired) electrons. The molecule has 0 aliphatic rings. The monoisotopic (exact) mass is 325 g/mol. The molecule has 0 bridgehead atoms. The van der Waals surface area contributed by atoms with Crippen LogP contribution in [-0.2, 0) is 15.6 Å². The molecule has 0 fully saturated rings. The molecule has 0 saturated carbocycles. The summed E-state index contributed by atoms with van der Waals surface area (Å²) >= 11 is 3.22. The molecule has 4 nitrogen and oxygen atoms in total. The predicted molar refractivity (Wildman–Crippen MR) is 68.5 cm³/mol. The van der Waals surface area contributed by atoms with E-state index in [4.69, 9.17) is 9.68 Å². The maximum atomic E-state index is 12.1. The Kier molecular flexibility index (Phi) is 3.55. The standard InChI is InChI=1S/C12H8BrNO3S/c13-9-2-1-3-12(6-9)18(15,16)8-11-5-4-10(7-14)17-11/h1-6H,8H2. The van der Waals surface area contributed by atoms with E-state index in [0.29, 0.717) is 4.47 Å². The highest BCUT2D eigenvalue weighted by Crippen LogP contribution is 2.21. The first-order valence-electron chi connectivity index (χ1n) is 4.98. The third-order valence-electron chi connectivity index (χ3n) is 2.26. The minimum atomic E-state index is -3.46. The third kappa shape index (κ3) is 2.81. The average molecular weight is 326 g/mol. The molecule has 0 saturated heterocycles. The summed E-state index contributed by atoms with van der Waals surface area (Å²) in [7, 11) is -3.46. The van der Waals surface area contributed by atoms with Crippen molar-refractivity contribution in [3.05, 3.63) is 52.4 Å². The van der Waals surface area contributed by atoms with Crippen LogP contribution in [0.25, 0.3) is 0 Å². The normalized spacial score (nSPS) is 11.1. The number of benzene rings is 1. The van der Waals surface area contributed by atoms with Crippen molar-refractivity contribution < 1.29 is 12.8 Å². The number of rotatable bonds is 3. The quantitative estimate of drug-likeness (QED) is 0.869. The van der Waals surface area contributed by atoms with Crippen molar-refractivity contribution in [1.82, 2.24) is 0 Å². The second-order valence-electron chi connectivity index (χ2n) is 3.59. The summed E-state index contributed by atoms with van der Waals surface area (Å²) in [4.78, 5) is 0.215. The van der Waals surface area contributed by atoms with Gasteiger partial charge in [-0.1, -0.05) is 22.0 Å². The number of halogens is 1. The number of sulfone groups is 1. The molecule has 18 heavy (non-hydrogen) atoms. The number of hydrogen-bond acceptors (Lipinski definition) is 4. The lowest BCUT2D eigenvalue weighted by atomic mass is 10.4. The zero-order valence-corrected chi connectivity index (χ0v) is 11.5. The van der Waals surface area contributed by atoms with Gasteiger partial charge >= 0.3 is 0 Å². The lowest BCUT2D eigenvalue weighted by Crippen LogP contribution is -2.04. The van der Waals surface area contributed by atoms with Gasteiger partial charge in [-0.15, -0.1) is 0 Å². The number of hydrogen-bond donors (Lipinski definition) is 0. The van der Waals surface area contributed by atoms with Crippen molar-refractivity contribution in [3.8, 4) is 6.07 Å². The van der Waals surface area contributed by atoms with Crippen molar-refractivity contribution in [2.45, 2.75) is 10.6 Å². The van der Waals surface area contributed by atoms with E-state index >= 15 is 0 Å². The van der Waals surface area contributed by atoms with E-state index in [9.17, 15) is 8.42 Å². The fourth-order valence-electron chi connectivity index (χ4n) is 1.45. The van der Waals surface area contributed by atoms with Gasteiger partial charge in [0.05, 0.1) is 4.90 Å². The maximum absolute atomic E-state index is 12.1. The number of nitriles is 1. The van der Waals surface area contributed by atoms with E-state index in [0.717, 1.165) is 0 Å². The van der Waals surface area contributed by atoms with Crippen molar-refractivity contribution in [1.29, 1.82) is 5.26 Å². The van der Waals surface area contributed by atoms with Crippen molar-refractivity contribution in [2.75, 3.05) is 0 Å². The molecular weight excluding hydrogens is 318 g/mol. The molecule has 0 N–H and O–H groups in total. The average Bonchev–Trinajstić information content (AvgIpc) is 2.76. The van der Waals surface area contributed by atoms with Crippen LogP contribution in [0, 0.1) is 11.3 Å². The Morgan fingerprint density at radius 2 is 2.06 bits per heavy atom. The Labute approximate surface area is 113 Å². The SMILES string of the molecule is N#Cc1ccc(CS(=O)(=O)c2cccc(Br)c2)o1. The smallest absolute Gasteiger partial charge is 0.203 e. The molecule has 0 aliphatic carbocycles. The molecule has 2 rings (SSSR count). The summed E-state index contributed by atoms with van der Waals surface area (Å²) in [5.41, 5.74) is 0. The van der Waals surface area contributed by atoms with Crippen LogP contribution in [0.2, 0.25) is 0 Å². The summed E-state index contributed by atoms with van der Waals surface area (Å²) in [5, 5.41) is 8.60. The molecular formula is C12H8BrNO3S. The molecule has 1 heterocycles. The van der Waals surface area contributed by atoms with Crippen LogP contribution in [0.3, 0.4) is 0 Å². The van der Waals surface area contributed by atoms with Gasteiger partial charge < -0.3 is 4.42 Å². The van der Waals surface area contributed by atoms with E-state index in [1.807, 2.05) is 6.07 Å². The topological polar surface area (TPSA) is 71.1 Å². The number of furan rings is 1. The van der Waals surface area contributed by atoms with Gasteiger partial charge in [0, 0.05) is 4.47 Å². The Morgan fingerprint density at radius 3 is 2.67 bits per heavy atom. The highest BCUT2D eigenvalue weighted by molar-refractivity contribution is 9.10. The lowest BCUT2D eigenvalue weighted by Gasteiger charge is -2.02. The molecule has 1 aromatic heterocycles. The minimum Gasteiger partial charge on any atom is -0.450 e. The molecule has 0 spiro atoms. The zero-order chi connectivity index (χ0) is 13.2. The van der Waals surface area contributed by atoms with E-state index in [1.54, 1.807) is 12.1 Å². The predicted octanol–water partition coefficient (Wildman–Crippen LogP) is 2.89. The molecule has 2 aromatic rings. The molecule has 0 atom stereocenters. The summed E-state index contributed by atoms with van der Waals surface area (Å²) in [6, 6.07) is 11.2. The fraction of sp³-hybridized carbons (Fsp3) is 0.0833. The van der Waals surface area contributed by atoms with Gasteiger partial charge in [-0.25, -0.2) is 8.42 Å². The minimum absolute atomic E-state index is 0.106. The van der Waals surface area contributed by atoms with Crippen LogP contribution in [0.1, 0.15) is 11.5 Å². The van der Waals surface area contributed by atoms with Gasteiger partial charge in [0.1, 0.15) is 17.6 Å². The van der Waals surface area contributed by atoms with Crippen LogP contribution < -0.4 is 0 Å². The summed E-state index contributed by atoms with van der Waals surface area (Å²) in [6.45, 7) is 0. The van der Waals surface area contributed by atoms with E-state index in [1.165, 1.54) is 24.3 Å². The van der Waals surface area contributed by atoms with Crippen molar-refractivity contribution in [2.24, 2.45) is 0 Å². The first-order chi connectivity index (χ1) is 8.51. The second kappa shape index (κ2) is 4.96. The first-order valence-corrected chi connectivity index (χ1v) is 7.43. The molecule has 1 aromatic carbocycles. The lowest BCUT2D eigenvalue weighted by molar-refractivity contribution is 0.509. The first kappa shape index (κ1) is 12.9. The molecule has 0 amide bonds. The van der Waals surface area contributed by atoms with Gasteiger partial charge in [0.25, 0.3) is 0 Å². The number of nitrogens with zero attached hydrogens (tertiary/aromatic N) is 1. The fourth-order valence-corrected chi connectivity index (χ4v) is 3.29.